The van der Waals surface area contributed by atoms with Crippen LogP contribution in [0.1, 0.15) is 44.0 Å². The Bertz CT molecular complexity index is 480. The monoisotopic (exact) mass is 282 g/mol. The van der Waals surface area contributed by atoms with Crippen molar-refractivity contribution in [2.24, 2.45) is 5.41 Å². The van der Waals surface area contributed by atoms with E-state index in [0.29, 0.717) is 6.42 Å². The van der Waals surface area contributed by atoms with Crippen molar-refractivity contribution in [1.82, 2.24) is 10.3 Å². The fourth-order valence-electron chi connectivity index (χ4n) is 1.90. The number of aliphatic carboxylic acids is 1. The van der Waals surface area contributed by atoms with E-state index >= 15 is 0 Å². The molecule has 1 aromatic rings. The van der Waals surface area contributed by atoms with E-state index in [1.165, 1.54) is 6.07 Å². The number of hydrogen-bond acceptors (Lipinski definition) is 3. The number of rotatable bonds is 5. The molecule has 0 fully saturated rings. The minimum absolute atomic E-state index is 0.117. The number of hydrogen-bond donors (Lipinski definition) is 2. The second-order valence-corrected chi connectivity index (χ2v) is 5.90. The number of carboxylic acid groups (broad SMARTS) is 1. The van der Waals surface area contributed by atoms with Crippen molar-refractivity contribution < 1.29 is 19.1 Å². The molecule has 1 atom stereocenters. The van der Waals surface area contributed by atoms with E-state index in [0.717, 1.165) is 12.3 Å². The maximum Gasteiger partial charge on any atom is 0.305 e. The van der Waals surface area contributed by atoms with Crippen LogP contribution in [0.15, 0.2) is 18.3 Å². The summed E-state index contributed by atoms with van der Waals surface area (Å²) in [6.07, 6.45) is 1.50. The highest BCUT2D eigenvalue weighted by atomic mass is 19.1. The molecule has 0 saturated carbocycles. The molecule has 1 amide bonds. The number of nitrogens with one attached hydrogen (secondary N) is 1. The highest BCUT2D eigenvalue weighted by Gasteiger charge is 2.23. The van der Waals surface area contributed by atoms with Crippen LogP contribution in [0.25, 0.3) is 0 Å². The largest absolute Gasteiger partial charge is 0.481 e. The molecule has 5 nitrogen and oxygen atoms in total. The second-order valence-electron chi connectivity index (χ2n) is 5.90. The predicted octanol–water partition coefficient (Wildman–Crippen LogP) is 2.23. The summed E-state index contributed by atoms with van der Waals surface area (Å²) in [5.74, 6) is -2.09. The first kappa shape index (κ1) is 16.1. The van der Waals surface area contributed by atoms with Crippen LogP contribution in [0.4, 0.5) is 4.39 Å². The van der Waals surface area contributed by atoms with E-state index in [2.05, 4.69) is 10.3 Å². The molecule has 0 bridgehead atoms. The predicted molar refractivity (Wildman–Crippen MR) is 71.8 cm³/mol. The third-order valence-electron chi connectivity index (χ3n) is 2.60. The van der Waals surface area contributed by atoms with Crippen LogP contribution >= 0.6 is 0 Å². The molecule has 0 spiro atoms. The van der Waals surface area contributed by atoms with Gasteiger partial charge >= 0.3 is 5.97 Å². The smallest absolute Gasteiger partial charge is 0.305 e. The lowest BCUT2D eigenvalue weighted by Crippen LogP contribution is -2.39. The number of amides is 1. The average Bonchev–Trinajstić information content (AvgIpc) is 2.26. The number of pyridine rings is 1. The Balaban J connectivity index is 2.75. The summed E-state index contributed by atoms with van der Waals surface area (Å²) in [5.41, 5.74) is 0.0877. The minimum Gasteiger partial charge on any atom is -0.481 e. The molecule has 0 radical (unpaired) electrons. The van der Waals surface area contributed by atoms with Crippen molar-refractivity contribution in [3.8, 4) is 0 Å². The molecule has 0 aliphatic heterocycles. The molecule has 20 heavy (non-hydrogen) atoms. The van der Waals surface area contributed by atoms with E-state index in [9.17, 15) is 14.0 Å². The molecule has 0 aromatic carbocycles. The molecule has 0 saturated heterocycles. The van der Waals surface area contributed by atoms with Gasteiger partial charge in [-0.25, -0.2) is 4.98 Å². The molecule has 1 rings (SSSR count). The van der Waals surface area contributed by atoms with Crippen LogP contribution in [0.3, 0.4) is 0 Å². The molecule has 1 aromatic heterocycles. The average molecular weight is 282 g/mol. The number of nitrogens with zero attached hydrogens (tertiary/aromatic N) is 1. The Labute approximate surface area is 117 Å². The number of carbonyl (C=O) groups excluding carboxylic acids is 1. The Hall–Kier alpha value is -1.98. The summed E-state index contributed by atoms with van der Waals surface area (Å²) in [7, 11) is 0. The highest BCUT2D eigenvalue weighted by molar-refractivity contribution is 5.94. The van der Waals surface area contributed by atoms with Crippen LogP contribution in [0.2, 0.25) is 0 Å². The third kappa shape index (κ3) is 5.77. The van der Waals surface area contributed by atoms with Crippen molar-refractivity contribution in [1.29, 1.82) is 0 Å². The minimum atomic E-state index is -0.975. The second kappa shape index (κ2) is 6.45. The Morgan fingerprint density at radius 3 is 2.50 bits per heavy atom. The Kier molecular flexibility index (Phi) is 5.19. The zero-order chi connectivity index (χ0) is 15.3. The summed E-state index contributed by atoms with van der Waals surface area (Å²) in [5, 5.41) is 11.5. The lowest BCUT2D eigenvalue weighted by molar-refractivity contribution is -0.137. The molecular weight excluding hydrogens is 263 g/mol. The van der Waals surface area contributed by atoms with E-state index in [1.807, 2.05) is 20.8 Å². The van der Waals surface area contributed by atoms with E-state index in [4.69, 9.17) is 5.11 Å². The summed E-state index contributed by atoms with van der Waals surface area (Å²) >= 11 is 0. The van der Waals surface area contributed by atoms with E-state index in [-0.39, 0.29) is 17.4 Å². The van der Waals surface area contributed by atoms with Crippen molar-refractivity contribution in [3.63, 3.8) is 0 Å². The fourth-order valence-corrected chi connectivity index (χ4v) is 1.90. The standard InChI is InChI=1S/C14H19FN2O3/c1-14(2,3)7-10(6-12(18)19)17-13(20)9-4-5-11(15)16-8-9/h4-5,8,10H,6-7H2,1-3H3,(H,17,20)(H,18,19). The van der Waals surface area contributed by atoms with Gasteiger partial charge in [-0.2, -0.15) is 4.39 Å². The maximum atomic E-state index is 12.7. The number of carboxylic acids is 1. The van der Waals surface area contributed by atoms with Gasteiger partial charge in [0.2, 0.25) is 5.95 Å². The molecule has 0 aliphatic carbocycles. The van der Waals surface area contributed by atoms with Gasteiger partial charge in [0.15, 0.2) is 0 Å². The first-order chi connectivity index (χ1) is 9.17. The molecule has 2 N–H and O–H groups in total. The first-order valence-corrected chi connectivity index (χ1v) is 6.31. The van der Waals surface area contributed by atoms with Gasteiger partial charge in [-0.05, 0) is 24.0 Å². The summed E-state index contributed by atoms with van der Waals surface area (Å²) in [4.78, 5) is 26.2. The van der Waals surface area contributed by atoms with E-state index in [1.54, 1.807) is 0 Å². The van der Waals surface area contributed by atoms with Crippen LogP contribution in [-0.4, -0.2) is 28.0 Å². The summed E-state index contributed by atoms with van der Waals surface area (Å²) < 4.78 is 12.7. The van der Waals surface area contributed by atoms with Crippen LogP contribution in [0.5, 0.6) is 0 Å². The maximum absolute atomic E-state index is 12.7. The SMILES string of the molecule is CC(C)(C)CC(CC(=O)O)NC(=O)c1ccc(F)nc1. The zero-order valence-electron chi connectivity index (χ0n) is 11.8. The molecule has 1 unspecified atom stereocenters. The molecule has 110 valence electrons. The Morgan fingerprint density at radius 2 is 2.05 bits per heavy atom. The van der Waals surface area contributed by atoms with Gasteiger partial charge in [0, 0.05) is 12.2 Å². The molecule has 0 aliphatic rings. The zero-order valence-corrected chi connectivity index (χ0v) is 11.8. The van der Waals surface area contributed by atoms with Gasteiger partial charge in [0.1, 0.15) is 0 Å². The summed E-state index contributed by atoms with van der Waals surface area (Å²) in [6.45, 7) is 5.90. The van der Waals surface area contributed by atoms with Gasteiger partial charge < -0.3 is 10.4 Å². The van der Waals surface area contributed by atoms with Crippen LogP contribution < -0.4 is 5.32 Å². The topological polar surface area (TPSA) is 79.3 Å². The van der Waals surface area contributed by atoms with Gasteiger partial charge in [0.05, 0.1) is 12.0 Å². The van der Waals surface area contributed by atoms with E-state index < -0.39 is 23.9 Å². The highest BCUT2D eigenvalue weighted by Crippen LogP contribution is 2.22. The lowest BCUT2D eigenvalue weighted by atomic mass is 9.87. The number of aromatic nitrogens is 1. The fraction of sp³-hybridized carbons (Fsp3) is 0.500. The van der Waals surface area contributed by atoms with Crippen molar-refractivity contribution in [3.05, 3.63) is 29.8 Å². The van der Waals surface area contributed by atoms with Gasteiger partial charge in [0.25, 0.3) is 5.91 Å². The normalized spacial score (nSPS) is 12.8. The van der Waals surface area contributed by atoms with Gasteiger partial charge in [-0.15, -0.1) is 0 Å². The van der Waals surface area contributed by atoms with Crippen molar-refractivity contribution in [2.45, 2.75) is 39.7 Å². The number of halogens is 1. The Morgan fingerprint density at radius 1 is 1.40 bits per heavy atom. The summed E-state index contributed by atoms with van der Waals surface area (Å²) in [6, 6.07) is 1.92. The van der Waals surface area contributed by atoms with Crippen molar-refractivity contribution >= 4 is 11.9 Å². The molecule has 1 heterocycles. The third-order valence-corrected chi connectivity index (χ3v) is 2.60. The first-order valence-electron chi connectivity index (χ1n) is 6.31. The van der Waals surface area contributed by atoms with Gasteiger partial charge in [-0.3, -0.25) is 9.59 Å². The quantitative estimate of drug-likeness (QED) is 0.812. The van der Waals surface area contributed by atoms with Crippen LogP contribution in [-0.2, 0) is 4.79 Å². The van der Waals surface area contributed by atoms with Crippen molar-refractivity contribution in [2.75, 3.05) is 0 Å². The molecule has 6 heteroatoms. The van der Waals surface area contributed by atoms with Gasteiger partial charge in [-0.1, -0.05) is 20.8 Å². The number of carbonyl (C=O) groups is 2. The lowest BCUT2D eigenvalue weighted by Gasteiger charge is -2.25. The molecular formula is C14H19FN2O3. The van der Waals surface area contributed by atoms with Crippen LogP contribution in [0, 0.1) is 11.4 Å².